The fraction of sp³-hybridized carbons (Fsp3) is 0.333. The summed E-state index contributed by atoms with van der Waals surface area (Å²) in [5, 5.41) is 11.7. The molecule has 17 heavy (non-hydrogen) atoms. The second-order valence-corrected chi connectivity index (χ2v) is 3.98. The van der Waals surface area contributed by atoms with Gasteiger partial charge in [-0.05, 0) is 18.6 Å². The lowest BCUT2D eigenvalue weighted by molar-refractivity contribution is -0.143. The Bertz CT molecular complexity index is 470. The van der Waals surface area contributed by atoms with Gasteiger partial charge in [0.05, 0.1) is 13.0 Å². The Kier molecular flexibility index (Phi) is 2.99. The van der Waals surface area contributed by atoms with Gasteiger partial charge >= 0.3 is 5.97 Å². The summed E-state index contributed by atoms with van der Waals surface area (Å²) in [6.07, 6.45) is 0.292. The van der Waals surface area contributed by atoms with E-state index in [-0.39, 0.29) is 12.3 Å². The summed E-state index contributed by atoms with van der Waals surface area (Å²) in [4.78, 5) is 22.6. The summed E-state index contributed by atoms with van der Waals surface area (Å²) < 4.78 is 5.19. The Balaban J connectivity index is 2.45. The summed E-state index contributed by atoms with van der Waals surface area (Å²) in [5.74, 6) is -1.33. The minimum Gasteiger partial charge on any atom is -0.496 e. The third-order valence-electron chi connectivity index (χ3n) is 2.86. The van der Waals surface area contributed by atoms with E-state index >= 15 is 0 Å². The van der Waals surface area contributed by atoms with Crippen molar-refractivity contribution < 1.29 is 19.4 Å². The van der Waals surface area contributed by atoms with Gasteiger partial charge in [0.1, 0.15) is 5.75 Å². The average molecular weight is 235 g/mol. The predicted octanol–water partition coefficient (Wildman–Crippen LogP) is 1.28. The van der Waals surface area contributed by atoms with Crippen molar-refractivity contribution in [1.29, 1.82) is 0 Å². The number of aliphatic carboxylic acids is 1. The van der Waals surface area contributed by atoms with E-state index in [2.05, 4.69) is 5.32 Å². The van der Waals surface area contributed by atoms with E-state index in [1.807, 2.05) is 0 Å². The van der Waals surface area contributed by atoms with Crippen molar-refractivity contribution in [1.82, 2.24) is 0 Å². The number of hydrogen-bond acceptors (Lipinski definition) is 3. The molecule has 1 aromatic rings. The highest BCUT2D eigenvalue weighted by Crippen LogP contribution is 2.32. The van der Waals surface area contributed by atoms with Crippen LogP contribution in [0.15, 0.2) is 18.2 Å². The lowest BCUT2D eigenvalue weighted by Crippen LogP contribution is -2.20. The second-order valence-electron chi connectivity index (χ2n) is 3.98. The van der Waals surface area contributed by atoms with Gasteiger partial charge in [-0.1, -0.05) is 6.07 Å². The van der Waals surface area contributed by atoms with E-state index in [0.717, 1.165) is 5.56 Å². The van der Waals surface area contributed by atoms with Gasteiger partial charge in [-0.15, -0.1) is 0 Å². The molecular formula is C12H13NO4. The van der Waals surface area contributed by atoms with Crippen LogP contribution in [0.2, 0.25) is 0 Å². The SMILES string of the molecule is COc1cccc2c1CC(C(=O)O)CC(=O)N2. The van der Waals surface area contributed by atoms with Crippen molar-refractivity contribution in [2.45, 2.75) is 12.8 Å². The van der Waals surface area contributed by atoms with Crippen LogP contribution in [0.4, 0.5) is 5.69 Å². The molecule has 5 heteroatoms. The molecular weight excluding hydrogens is 222 g/mol. The second kappa shape index (κ2) is 4.45. The zero-order valence-corrected chi connectivity index (χ0v) is 9.40. The van der Waals surface area contributed by atoms with Gasteiger partial charge in [-0.25, -0.2) is 0 Å². The third kappa shape index (κ3) is 2.22. The lowest BCUT2D eigenvalue weighted by Gasteiger charge is -2.12. The molecule has 2 rings (SSSR count). The standard InChI is InChI=1S/C12H13NO4/c1-17-10-4-2-3-9-8(10)5-7(12(15)16)6-11(14)13-9/h2-4,7H,5-6H2,1H3,(H,13,14)(H,15,16). The minimum atomic E-state index is -0.959. The molecule has 5 nitrogen and oxygen atoms in total. The Hall–Kier alpha value is -2.04. The van der Waals surface area contributed by atoms with Gasteiger partial charge in [0.15, 0.2) is 0 Å². The molecule has 90 valence electrons. The van der Waals surface area contributed by atoms with Crippen LogP contribution in [-0.2, 0) is 16.0 Å². The van der Waals surface area contributed by atoms with Crippen molar-refractivity contribution in [2.75, 3.05) is 12.4 Å². The normalized spacial score (nSPS) is 18.9. The molecule has 1 aliphatic rings. The number of ether oxygens (including phenoxy) is 1. The monoisotopic (exact) mass is 235 g/mol. The highest BCUT2D eigenvalue weighted by Gasteiger charge is 2.28. The number of benzene rings is 1. The molecule has 0 fully saturated rings. The van der Waals surface area contributed by atoms with Crippen molar-refractivity contribution >= 4 is 17.6 Å². The Morgan fingerprint density at radius 1 is 1.47 bits per heavy atom. The van der Waals surface area contributed by atoms with Crippen molar-refractivity contribution in [2.24, 2.45) is 5.92 Å². The van der Waals surface area contributed by atoms with Gasteiger partial charge in [-0.2, -0.15) is 0 Å². The van der Waals surface area contributed by atoms with Crippen molar-refractivity contribution in [3.05, 3.63) is 23.8 Å². The maximum atomic E-state index is 11.5. The molecule has 1 heterocycles. The van der Waals surface area contributed by atoms with Crippen molar-refractivity contribution in [3.8, 4) is 5.75 Å². The number of anilines is 1. The molecule has 0 saturated carbocycles. The maximum absolute atomic E-state index is 11.5. The van der Waals surface area contributed by atoms with E-state index in [1.54, 1.807) is 18.2 Å². The zero-order valence-electron chi connectivity index (χ0n) is 9.40. The van der Waals surface area contributed by atoms with Gasteiger partial charge in [0.25, 0.3) is 0 Å². The first kappa shape index (κ1) is 11.4. The number of hydrogen-bond donors (Lipinski definition) is 2. The topological polar surface area (TPSA) is 75.6 Å². The fourth-order valence-corrected chi connectivity index (χ4v) is 2.00. The number of amides is 1. The van der Waals surface area contributed by atoms with Crippen LogP contribution in [-0.4, -0.2) is 24.1 Å². The lowest BCUT2D eigenvalue weighted by atomic mass is 9.96. The van der Waals surface area contributed by atoms with Crippen molar-refractivity contribution in [3.63, 3.8) is 0 Å². The van der Waals surface area contributed by atoms with Crippen LogP contribution in [0, 0.1) is 5.92 Å². The quantitative estimate of drug-likeness (QED) is 0.809. The van der Waals surface area contributed by atoms with Crippen LogP contribution < -0.4 is 10.1 Å². The van der Waals surface area contributed by atoms with E-state index in [4.69, 9.17) is 9.84 Å². The molecule has 0 saturated heterocycles. The predicted molar refractivity (Wildman–Crippen MR) is 61.1 cm³/mol. The number of methoxy groups -OCH3 is 1. The van der Waals surface area contributed by atoms with Gasteiger partial charge in [-0.3, -0.25) is 9.59 Å². The maximum Gasteiger partial charge on any atom is 0.307 e. The van der Waals surface area contributed by atoms with E-state index in [9.17, 15) is 9.59 Å². The summed E-state index contributed by atoms with van der Waals surface area (Å²) in [6.45, 7) is 0. The number of carbonyl (C=O) groups excluding carboxylic acids is 1. The molecule has 1 atom stereocenters. The first-order valence-corrected chi connectivity index (χ1v) is 5.30. The molecule has 0 spiro atoms. The highest BCUT2D eigenvalue weighted by molar-refractivity contribution is 5.95. The third-order valence-corrected chi connectivity index (χ3v) is 2.86. The number of fused-ring (bicyclic) bond motifs is 1. The Morgan fingerprint density at radius 2 is 2.24 bits per heavy atom. The van der Waals surface area contributed by atoms with E-state index in [0.29, 0.717) is 17.9 Å². The molecule has 0 aliphatic carbocycles. The number of carboxylic acids is 1. The molecule has 1 amide bonds. The summed E-state index contributed by atoms with van der Waals surface area (Å²) in [6, 6.07) is 5.27. The summed E-state index contributed by atoms with van der Waals surface area (Å²) in [7, 11) is 1.53. The smallest absolute Gasteiger partial charge is 0.307 e. The molecule has 2 N–H and O–H groups in total. The first-order valence-electron chi connectivity index (χ1n) is 5.30. The van der Waals surface area contributed by atoms with Crippen LogP contribution in [0.3, 0.4) is 0 Å². The number of rotatable bonds is 2. The van der Waals surface area contributed by atoms with E-state index < -0.39 is 11.9 Å². The molecule has 0 radical (unpaired) electrons. The van der Waals surface area contributed by atoms with Crippen LogP contribution in [0.1, 0.15) is 12.0 Å². The molecule has 0 bridgehead atoms. The molecule has 0 aromatic heterocycles. The van der Waals surface area contributed by atoms with Gasteiger partial charge in [0.2, 0.25) is 5.91 Å². The minimum absolute atomic E-state index is 0.00678. The molecule has 1 aliphatic heterocycles. The zero-order chi connectivity index (χ0) is 12.4. The van der Waals surface area contributed by atoms with Gasteiger partial charge in [0, 0.05) is 17.7 Å². The summed E-state index contributed by atoms with van der Waals surface area (Å²) in [5.41, 5.74) is 1.38. The first-order chi connectivity index (χ1) is 8.11. The highest BCUT2D eigenvalue weighted by atomic mass is 16.5. The van der Waals surface area contributed by atoms with Crippen LogP contribution in [0.5, 0.6) is 5.75 Å². The average Bonchev–Trinajstić information content (AvgIpc) is 2.46. The molecule has 1 aromatic carbocycles. The van der Waals surface area contributed by atoms with Gasteiger partial charge < -0.3 is 15.2 Å². The largest absolute Gasteiger partial charge is 0.496 e. The Labute approximate surface area is 98.4 Å². The fourth-order valence-electron chi connectivity index (χ4n) is 2.00. The number of carbonyl (C=O) groups is 2. The molecule has 1 unspecified atom stereocenters. The van der Waals surface area contributed by atoms with E-state index in [1.165, 1.54) is 7.11 Å². The van der Waals surface area contributed by atoms with Crippen LogP contribution in [0.25, 0.3) is 0 Å². The number of carboxylic acid groups (broad SMARTS) is 1. The Morgan fingerprint density at radius 3 is 2.88 bits per heavy atom. The number of nitrogens with one attached hydrogen (secondary N) is 1. The van der Waals surface area contributed by atoms with Crippen LogP contribution >= 0.6 is 0 Å². The summed E-state index contributed by atoms with van der Waals surface area (Å²) >= 11 is 0.